The molecule has 1 aromatic rings. The van der Waals surface area contributed by atoms with Gasteiger partial charge in [-0.25, -0.2) is 0 Å². The maximum Gasteiger partial charge on any atom is 0.0438 e. The molecule has 0 saturated carbocycles. The van der Waals surface area contributed by atoms with Crippen molar-refractivity contribution in [1.29, 1.82) is 0 Å². The van der Waals surface area contributed by atoms with E-state index in [-0.39, 0.29) is 0 Å². The van der Waals surface area contributed by atoms with Crippen LogP contribution >= 0.6 is 11.6 Å². The molecule has 1 aromatic carbocycles. The second kappa shape index (κ2) is 5.21. The van der Waals surface area contributed by atoms with E-state index in [4.69, 9.17) is 11.6 Å². The van der Waals surface area contributed by atoms with Gasteiger partial charge in [0.25, 0.3) is 0 Å². The highest BCUT2D eigenvalue weighted by Crippen LogP contribution is 2.16. The number of halogens is 1. The van der Waals surface area contributed by atoms with Gasteiger partial charge in [0, 0.05) is 5.02 Å². The minimum absolute atomic E-state index is 0.879. The smallest absolute Gasteiger partial charge is 0.0438 e. The van der Waals surface area contributed by atoms with Crippen LogP contribution in [0.1, 0.15) is 25.3 Å². The number of hydrogen-bond acceptors (Lipinski definition) is 0. The normalized spacial score (nSPS) is 10.2. The number of unbranched alkanes of at least 4 members (excludes halogenated alkanes) is 2. The summed E-state index contributed by atoms with van der Waals surface area (Å²) >= 11 is 5.98. The highest BCUT2D eigenvalue weighted by Gasteiger charge is 1.97. The number of hydrogen-bond donors (Lipinski definition) is 0. The number of rotatable bonds is 4. The van der Waals surface area contributed by atoms with Crippen LogP contribution in [0, 0.1) is 6.42 Å². The molecule has 0 heterocycles. The molecule has 1 heteroatoms. The summed E-state index contributed by atoms with van der Waals surface area (Å²) in [5.41, 5.74) is 1.23. The van der Waals surface area contributed by atoms with Crippen molar-refractivity contribution in [2.75, 3.05) is 0 Å². The van der Waals surface area contributed by atoms with Crippen molar-refractivity contribution in [2.24, 2.45) is 0 Å². The molecule has 0 N–H and O–H groups in total. The fraction of sp³-hybridized carbons (Fsp3) is 0.364. The fourth-order valence-electron chi connectivity index (χ4n) is 1.13. The molecule has 1 radical (unpaired) electrons. The fourth-order valence-corrected chi connectivity index (χ4v) is 1.34. The third kappa shape index (κ3) is 2.86. The lowest BCUT2D eigenvalue weighted by atomic mass is 10.1. The Hall–Kier alpha value is -0.490. The number of benzene rings is 1. The molecule has 0 aliphatic rings. The van der Waals surface area contributed by atoms with Crippen LogP contribution in [0.4, 0.5) is 0 Å². The van der Waals surface area contributed by atoms with Gasteiger partial charge in [0.15, 0.2) is 0 Å². The lowest BCUT2D eigenvalue weighted by Gasteiger charge is -2.01. The van der Waals surface area contributed by atoms with Crippen LogP contribution in [0.3, 0.4) is 0 Å². The van der Waals surface area contributed by atoms with E-state index in [1.165, 1.54) is 18.4 Å². The van der Waals surface area contributed by atoms with E-state index in [2.05, 4.69) is 19.4 Å². The van der Waals surface area contributed by atoms with Gasteiger partial charge in [-0.15, -0.1) is 0 Å². The lowest BCUT2D eigenvalue weighted by molar-refractivity contribution is 0.864. The van der Waals surface area contributed by atoms with Crippen LogP contribution < -0.4 is 0 Å². The Morgan fingerprint density at radius 3 is 2.75 bits per heavy atom. The molecule has 12 heavy (non-hydrogen) atoms. The lowest BCUT2D eigenvalue weighted by Crippen LogP contribution is -1.86. The van der Waals surface area contributed by atoms with E-state index in [9.17, 15) is 0 Å². The molecule has 0 aromatic heterocycles. The minimum Gasteiger partial charge on any atom is -0.0840 e. The quantitative estimate of drug-likeness (QED) is 0.619. The first-order valence-electron chi connectivity index (χ1n) is 4.39. The molecule has 0 atom stereocenters. The van der Waals surface area contributed by atoms with Gasteiger partial charge in [0.05, 0.1) is 0 Å². The standard InChI is InChI=1S/C11H14Cl/c1-2-3-4-7-10-8-5-6-9-11(10)12/h4-6,8-9H,2-3,7H2,1H3. The molecule has 0 amide bonds. The van der Waals surface area contributed by atoms with Crippen molar-refractivity contribution in [3.8, 4) is 0 Å². The maximum absolute atomic E-state index is 5.98. The first kappa shape index (κ1) is 9.60. The predicted molar refractivity (Wildman–Crippen MR) is 54.4 cm³/mol. The van der Waals surface area contributed by atoms with Gasteiger partial charge in [-0.3, -0.25) is 0 Å². The topological polar surface area (TPSA) is 0 Å². The van der Waals surface area contributed by atoms with Crippen LogP contribution in [0.5, 0.6) is 0 Å². The zero-order valence-electron chi connectivity index (χ0n) is 7.39. The van der Waals surface area contributed by atoms with Gasteiger partial charge in [-0.05, 0) is 24.5 Å². The average Bonchev–Trinajstić information content (AvgIpc) is 2.09. The van der Waals surface area contributed by atoms with Crippen LogP contribution in [0.25, 0.3) is 0 Å². The Labute approximate surface area is 79.6 Å². The average molecular weight is 182 g/mol. The van der Waals surface area contributed by atoms with E-state index in [0.29, 0.717) is 0 Å². The van der Waals surface area contributed by atoms with Crippen molar-refractivity contribution in [1.82, 2.24) is 0 Å². The van der Waals surface area contributed by atoms with Gasteiger partial charge in [0.2, 0.25) is 0 Å². The van der Waals surface area contributed by atoms with E-state index >= 15 is 0 Å². The predicted octanol–water partition coefficient (Wildman–Crippen LogP) is 3.89. The second-order valence-electron chi connectivity index (χ2n) is 2.87. The largest absolute Gasteiger partial charge is 0.0840 e. The highest BCUT2D eigenvalue weighted by molar-refractivity contribution is 6.31. The van der Waals surface area contributed by atoms with Crippen molar-refractivity contribution >= 4 is 11.6 Å². The summed E-state index contributed by atoms with van der Waals surface area (Å²) < 4.78 is 0. The van der Waals surface area contributed by atoms with Gasteiger partial charge >= 0.3 is 0 Å². The zero-order valence-corrected chi connectivity index (χ0v) is 8.14. The Morgan fingerprint density at radius 1 is 1.33 bits per heavy atom. The van der Waals surface area contributed by atoms with E-state index in [1.807, 2.05) is 18.2 Å². The van der Waals surface area contributed by atoms with E-state index in [1.54, 1.807) is 0 Å². The summed E-state index contributed by atoms with van der Waals surface area (Å²) in [6.45, 7) is 2.18. The molecule has 65 valence electrons. The second-order valence-corrected chi connectivity index (χ2v) is 3.28. The molecular formula is C11H14Cl. The van der Waals surface area contributed by atoms with Crippen molar-refractivity contribution in [2.45, 2.75) is 26.2 Å². The monoisotopic (exact) mass is 181 g/mol. The molecule has 0 saturated heterocycles. The molecule has 1 rings (SSSR count). The molecule has 0 aliphatic heterocycles. The zero-order chi connectivity index (χ0) is 8.81. The van der Waals surface area contributed by atoms with Gasteiger partial charge in [0.1, 0.15) is 0 Å². The Kier molecular flexibility index (Phi) is 4.16. The molecule has 0 bridgehead atoms. The van der Waals surface area contributed by atoms with Crippen molar-refractivity contribution < 1.29 is 0 Å². The van der Waals surface area contributed by atoms with Crippen LogP contribution in [0.15, 0.2) is 24.3 Å². The van der Waals surface area contributed by atoms with Crippen LogP contribution in [-0.2, 0) is 6.42 Å². The summed E-state index contributed by atoms with van der Waals surface area (Å²) in [5, 5.41) is 0.879. The van der Waals surface area contributed by atoms with E-state index < -0.39 is 0 Å². The summed E-state index contributed by atoms with van der Waals surface area (Å²) in [4.78, 5) is 0. The van der Waals surface area contributed by atoms with Crippen LogP contribution in [0.2, 0.25) is 5.02 Å². The summed E-state index contributed by atoms with van der Waals surface area (Å²) in [6, 6.07) is 8.01. The highest BCUT2D eigenvalue weighted by atomic mass is 35.5. The summed E-state index contributed by atoms with van der Waals surface area (Å²) in [5.74, 6) is 0. The van der Waals surface area contributed by atoms with Crippen molar-refractivity contribution in [3.05, 3.63) is 41.3 Å². The van der Waals surface area contributed by atoms with Gasteiger partial charge in [-0.1, -0.05) is 49.6 Å². The van der Waals surface area contributed by atoms with Crippen molar-refractivity contribution in [3.63, 3.8) is 0 Å². The first-order valence-corrected chi connectivity index (χ1v) is 4.77. The SMILES string of the molecule is CCC[CH]Cc1ccccc1Cl. The third-order valence-corrected chi connectivity index (χ3v) is 2.18. The molecule has 0 unspecified atom stereocenters. The van der Waals surface area contributed by atoms with Crippen LogP contribution in [-0.4, -0.2) is 0 Å². The van der Waals surface area contributed by atoms with E-state index in [0.717, 1.165) is 11.4 Å². The minimum atomic E-state index is 0.879. The summed E-state index contributed by atoms with van der Waals surface area (Å²) in [6.07, 6.45) is 5.66. The van der Waals surface area contributed by atoms with Gasteiger partial charge in [-0.2, -0.15) is 0 Å². The molecular weight excluding hydrogens is 168 g/mol. The first-order chi connectivity index (χ1) is 5.84. The molecule has 0 aliphatic carbocycles. The Balaban J connectivity index is 2.46. The van der Waals surface area contributed by atoms with Gasteiger partial charge < -0.3 is 0 Å². The summed E-state index contributed by atoms with van der Waals surface area (Å²) in [7, 11) is 0. The molecule has 0 fully saturated rings. The molecule has 0 spiro atoms. The maximum atomic E-state index is 5.98. The Bertz CT molecular complexity index is 230. The Morgan fingerprint density at radius 2 is 2.08 bits per heavy atom. The third-order valence-electron chi connectivity index (χ3n) is 1.81. The molecule has 0 nitrogen and oxygen atoms in total.